The Kier molecular flexibility index (Phi) is 3.94. The second-order valence-corrected chi connectivity index (χ2v) is 3.97. The van der Waals surface area contributed by atoms with Gasteiger partial charge in [0.2, 0.25) is 0 Å². The normalized spacial score (nSPS) is 11.1. The number of hydrogen-bond acceptors (Lipinski definition) is 2. The Bertz CT molecular complexity index is 680. The number of fused-ring (bicyclic) bond motifs is 1. The molecule has 0 aliphatic heterocycles. The van der Waals surface area contributed by atoms with E-state index >= 15 is 0 Å². The Morgan fingerprint density at radius 3 is 2.68 bits per heavy atom. The van der Waals surface area contributed by atoms with Crippen LogP contribution in [0.5, 0.6) is 0 Å². The monoisotopic (exact) mass is 251 g/mol. The number of carbonyl (C=O) groups is 1. The number of carbonyl (C=O) groups excluding carboxylic acids is 1. The van der Waals surface area contributed by atoms with E-state index in [9.17, 15) is 4.79 Å². The molecule has 3 nitrogen and oxygen atoms in total. The molecule has 0 spiro atoms. The van der Waals surface area contributed by atoms with Crippen LogP contribution in [0.15, 0.2) is 48.2 Å². The lowest BCUT2D eigenvalue weighted by atomic mass is 10.1. The molecule has 2 rings (SSSR count). The maximum atomic E-state index is 11.5. The Morgan fingerprint density at radius 1 is 1.26 bits per heavy atom. The maximum absolute atomic E-state index is 11.5. The minimum Gasteiger partial charge on any atom is -0.471 e. The van der Waals surface area contributed by atoms with Gasteiger partial charge in [-0.15, -0.1) is 0 Å². The molecule has 2 aromatic rings. The van der Waals surface area contributed by atoms with Gasteiger partial charge in [-0.05, 0) is 35.4 Å². The van der Waals surface area contributed by atoms with Crippen LogP contribution in [0, 0.1) is 6.57 Å². The first kappa shape index (κ1) is 12.8. The zero-order valence-corrected chi connectivity index (χ0v) is 10.6. The van der Waals surface area contributed by atoms with E-state index in [0.29, 0.717) is 0 Å². The fraction of sp³-hybridized carbons (Fsp3) is 0.125. The lowest BCUT2D eigenvalue weighted by molar-refractivity contribution is -0.138. The van der Waals surface area contributed by atoms with Crippen LogP contribution in [0.25, 0.3) is 21.7 Å². The average Bonchev–Trinajstić information content (AvgIpc) is 2.44. The Morgan fingerprint density at radius 2 is 2.00 bits per heavy atom. The predicted octanol–water partition coefficient (Wildman–Crippen LogP) is 3.66. The summed E-state index contributed by atoms with van der Waals surface area (Å²) in [5, 5.41) is 2.20. The first-order chi connectivity index (χ1) is 9.24. The van der Waals surface area contributed by atoms with Gasteiger partial charge in [0.1, 0.15) is 0 Å². The third-order valence-electron chi connectivity index (χ3n) is 2.68. The summed E-state index contributed by atoms with van der Waals surface area (Å²) in [7, 11) is 0. The summed E-state index contributed by atoms with van der Waals surface area (Å²) in [5.74, 6) is -0.578. The molecule has 0 heterocycles. The second-order valence-electron chi connectivity index (χ2n) is 3.97. The van der Waals surface area contributed by atoms with Crippen molar-refractivity contribution in [2.45, 2.75) is 6.92 Å². The van der Waals surface area contributed by atoms with E-state index < -0.39 is 5.97 Å². The molecule has 0 N–H and O–H groups in total. The maximum Gasteiger partial charge on any atom is 0.336 e. The summed E-state index contributed by atoms with van der Waals surface area (Å²) < 4.78 is 4.83. The third-order valence-corrected chi connectivity index (χ3v) is 2.68. The van der Waals surface area contributed by atoms with Gasteiger partial charge in [-0.25, -0.2) is 4.85 Å². The summed E-state index contributed by atoms with van der Waals surface area (Å²) in [6.07, 6.45) is 1.55. The van der Waals surface area contributed by atoms with E-state index in [1.54, 1.807) is 13.0 Å². The standard InChI is InChI=1S/C16H13NO2/c1-3-19-16(18)15(17-2)11-12-8-9-13-6-4-5-7-14(13)10-12/h4-11H,3H2,1H3/b15-11-. The minimum absolute atomic E-state index is 0.00266. The van der Waals surface area contributed by atoms with E-state index in [4.69, 9.17) is 11.3 Å². The largest absolute Gasteiger partial charge is 0.471 e. The van der Waals surface area contributed by atoms with Crippen LogP contribution >= 0.6 is 0 Å². The lowest BCUT2D eigenvalue weighted by Crippen LogP contribution is -2.04. The molecule has 3 heteroatoms. The third kappa shape index (κ3) is 2.99. The summed E-state index contributed by atoms with van der Waals surface area (Å²) in [6, 6.07) is 13.7. The van der Waals surface area contributed by atoms with E-state index in [1.165, 1.54) is 0 Å². The van der Waals surface area contributed by atoms with Gasteiger partial charge in [0.25, 0.3) is 5.70 Å². The fourth-order valence-electron chi connectivity index (χ4n) is 1.80. The van der Waals surface area contributed by atoms with Crippen molar-refractivity contribution in [2.75, 3.05) is 6.61 Å². The molecule has 0 fully saturated rings. The molecule has 0 aliphatic rings. The van der Waals surface area contributed by atoms with Gasteiger partial charge >= 0.3 is 5.97 Å². The highest BCUT2D eigenvalue weighted by Gasteiger charge is 2.10. The van der Waals surface area contributed by atoms with Gasteiger partial charge in [0.05, 0.1) is 13.2 Å². The molecule has 2 aromatic carbocycles. The number of rotatable bonds is 3. The van der Waals surface area contributed by atoms with Crippen LogP contribution in [0.1, 0.15) is 12.5 Å². The molecule has 0 radical (unpaired) electrons. The predicted molar refractivity (Wildman–Crippen MR) is 75.2 cm³/mol. The van der Waals surface area contributed by atoms with Gasteiger partial charge in [0, 0.05) is 0 Å². The molecule has 94 valence electrons. The first-order valence-corrected chi connectivity index (χ1v) is 5.99. The Hall–Kier alpha value is -2.60. The molecule has 0 unspecified atom stereocenters. The van der Waals surface area contributed by atoms with Crippen molar-refractivity contribution < 1.29 is 9.53 Å². The molecule has 0 saturated carbocycles. The molecular weight excluding hydrogens is 238 g/mol. The van der Waals surface area contributed by atoms with Crippen molar-refractivity contribution in [3.05, 3.63) is 65.1 Å². The smallest absolute Gasteiger partial charge is 0.336 e. The van der Waals surface area contributed by atoms with Gasteiger partial charge < -0.3 is 4.74 Å². The van der Waals surface area contributed by atoms with Gasteiger partial charge in [0.15, 0.2) is 0 Å². The highest BCUT2D eigenvalue weighted by Crippen LogP contribution is 2.18. The molecule has 0 bridgehead atoms. The van der Waals surface area contributed by atoms with Gasteiger partial charge in [-0.2, -0.15) is 0 Å². The quantitative estimate of drug-likeness (QED) is 0.473. The van der Waals surface area contributed by atoms with Crippen LogP contribution < -0.4 is 0 Å². The number of nitrogens with zero attached hydrogens (tertiary/aromatic N) is 1. The number of benzene rings is 2. The zero-order chi connectivity index (χ0) is 13.7. The Labute approximate surface area is 111 Å². The van der Waals surface area contributed by atoms with E-state index in [2.05, 4.69) is 4.85 Å². The van der Waals surface area contributed by atoms with Crippen molar-refractivity contribution in [1.82, 2.24) is 0 Å². The molecule has 0 aliphatic carbocycles. The SMILES string of the molecule is [C-]#[N+]/C(=C\c1ccc2ccccc2c1)C(=O)OCC. The second kappa shape index (κ2) is 5.83. The van der Waals surface area contributed by atoms with Crippen LogP contribution in [0.4, 0.5) is 0 Å². The fourth-order valence-corrected chi connectivity index (χ4v) is 1.80. The number of esters is 1. The highest BCUT2D eigenvalue weighted by molar-refractivity contribution is 5.96. The first-order valence-electron chi connectivity index (χ1n) is 5.99. The summed E-state index contributed by atoms with van der Waals surface area (Å²) in [4.78, 5) is 14.8. The average molecular weight is 251 g/mol. The van der Waals surface area contributed by atoms with Crippen molar-refractivity contribution in [3.63, 3.8) is 0 Å². The summed E-state index contributed by atoms with van der Waals surface area (Å²) >= 11 is 0. The number of hydrogen-bond donors (Lipinski definition) is 0. The van der Waals surface area contributed by atoms with Crippen molar-refractivity contribution >= 4 is 22.8 Å². The van der Waals surface area contributed by atoms with E-state index in [-0.39, 0.29) is 12.3 Å². The Balaban J connectivity index is 2.38. The van der Waals surface area contributed by atoms with E-state index in [1.807, 2.05) is 42.5 Å². The van der Waals surface area contributed by atoms with Crippen LogP contribution in [-0.4, -0.2) is 12.6 Å². The molecule has 0 amide bonds. The van der Waals surface area contributed by atoms with Crippen LogP contribution in [0.2, 0.25) is 0 Å². The summed E-state index contributed by atoms with van der Waals surface area (Å²) in [5.41, 5.74) is 0.815. The molecule has 19 heavy (non-hydrogen) atoms. The van der Waals surface area contributed by atoms with Crippen LogP contribution in [-0.2, 0) is 9.53 Å². The van der Waals surface area contributed by atoms with Gasteiger partial charge in [-0.3, -0.25) is 4.79 Å². The minimum atomic E-state index is -0.578. The summed E-state index contributed by atoms with van der Waals surface area (Å²) in [6.45, 7) is 9.02. The highest BCUT2D eigenvalue weighted by atomic mass is 16.5. The zero-order valence-electron chi connectivity index (χ0n) is 10.6. The lowest BCUT2D eigenvalue weighted by Gasteiger charge is -2.02. The molecule has 0 atom stereocenters. The van der Waals surface area contributed by atoms with Crippen LogP contribution in [0.3, 0.4) is 0 Å². The number of ether oxygens (including phenoxy) is 1. The molecule has 0 aromatic heterocycles. The molecular formula is C16H13NO2. The van der Waals surface area contributed by atoms with Gasteiger partial charge in [-0.1, -0.05) is 36.4 Å². The van der Waals surface area contributed by atoms with Crippen molar-refractivity contribution in [1.29, 1.82) is 0 Å². The topological polar surface area (TPSA) is 30.7 Å². The van der Waals surface area contributed by atoms with E-state index in [0.717, 1.165) is 16.3 Å². The van der Waals surface area contributed by atoms with Crippen molar-refractivity contribution in [2.24, 2.45) is 0 Å². The molecule has 0 saturated heterocycles. The van der Waals surface area contributed by atoms with Crippen molar-refractivity contribution in [3.8, 4) is 0 Å².